The number of aryl methyl sites for hydroxylation is 1. The lowest BCUT2D eigenvalue weighted by molar-refractivity contribution is -0.142. The van der Waals surface area contributed by atoms with E-state index >= 15 is 0 Å². The van der Waals surface area contributed by atoms with Crippen molar-refractivity contribution in [3.8, 4) is 0 Å². The van der Waals surface area contributed by atoms with Gasteiger partial charge in [-0.2, -0.15) is 0 Å². The van der Waals surface area contributed by atoms with Crippen LogP contribution in [0.4, 0.5) is 5.69 Å². The van der Waals surface area contributed by atoms with Crippen molar-refractivity contribution < 1.29 is 14.4 Å². The van der Waals surface area contributed by atoms with Gasteiger partial charge < -0.3 is 5.32 Å². The van der Waals surface area contributed by atoms with E-state index in [-0.39, 0.29) is 29.7 Å². The van der Waals surface area contributed by atoms with E-state index in [4.69, 9.17) is 11.6 Å². The van der Waals surface area contributed by atoms with Gasteiger partial charge >= 0.3 is 0 Å². The van der Waals surface area contributed by atoms with Crippen LogP contribution in [-0.2, 0) is 26.3 Å². The summed E-state index contributed by atoms with van der Waals surface area (Å²) in [5, 5.41) is 6.77. The van der Waals surface area contributed by atoms with Gasteiger partial charge in [0, 0.05) is 18.2 Å². The number of hydrogen-bond acceptors (Lipinski definition) is 4. The number of imide groups is 1. The molecule has 3 aliphatic rings. The molecule has 7 heteroatoms. The number of nitrogens with one attached hydrogen (secondary N) is 2. The average Bonchev–Trinajstić information content (AvgIpc) is 3.34. The van der Waals surface area contributed by atoms with Gasteiger partial charge in [-0.25, -0.2) is 0 Å². The predicted octanol–water partition coefficient (Wildman–Crippen LogP) is 3.27. The molecule has 0 saturated carbocycles. The van der Waals surface area contributed by atoms with Crippen LogP contribution < -0.4 is 10.6 Å². The molecule has 32 heavy (non-hydrogen) atoms. The number of anilines is 1. The van der Waals surface area contributed by atoms with Gasteiger partial charge in [0.15, 0.2) is 0 Å². The summed E-state index contributed by atoms with van der Waals surface area (Å²) >= 11 is 6.45. The van der Waals surface area contributed by atoms with E-state index in [1.54, 1.807) is 6.07 Å². The highest BCUT2D eigenvalue weighted by atomic mass is 35.5. The van der Waals surface area contributed by atoms with Crippen LogP contribution in [0, 0.1) is 24.7 Å². The standard InChI is InChI=1S/C25H26ClN3O3/c1-13(2)20-18-19(23(31)29(22(18)30)10-9-15-7-5-4-6-8-15)25(28-20)16-11-14(3)12-17(26)21(16)27-24(25)32/h4-8,11-13,18-20,28H,9-10H2,1-3H3,(H,27,32)/t18-,19+,20+,25-/m0/s1. The first-order valence-electron chi connectivity index (χ1n) is 11.0. The van der Waals surface area contributed by atoms with Crippen molar-refractivity contribution in [2.24, 2.45) is 17.8 Å². The molecule has 0 radical (unpaired) electrons. The molecule has 2 aromatic rings. The zero-order valence-corrected chi connectivity index (χ0v) is 19.1. The highest BCUT2D eigenvalue weighted by Crippen LogP contribution is 2.55. The third-order valence-electron chi connectivity index (χ3n) is 7.13. The SMILES string of the molecule is Cc1cc(Cl)c2c(c1)[C@@]1(N[C@H](C(C)C)[C@H]3C(=O)N(CCc4ccccc4)C(=O)[C@@H]31)C(=O)N2. The maximum absolute atomic E-state index is 13.7. The number of rotatable bonds is 4. The van der Waals surface area contributed by atoms with Crippen LogP contribution in [0.15, 0.2) is 42.5 Å². The summed E-state index contributed by atoms with van der Waals surface area (Å²) in [6.07, 6.45) is 0.582. The summed E-state index contributed by atoms with van der Waals surface area (Å²) in [4.78, 5) is 42.1. The molecule has 2 fully saturated rings. The predicted molar refractivity (Wildman–Crippen MR) is 122 cm³/mol. The molecule has 0 unspecified atom stereocenters. The lowest BCUT2D eigenvalue weighted by atomic mass is 9.75. The number of carbonyl (C=O) groups excluding carboxylic acids is 3. The minimum atomic E-state index is -1.29. The minimum absolute atomic E-state index is 0.0600. The van der Waals surface area contributed by atoms with Crippen molar-refractivity contribution >= 4 is 35.0 Å². The average molecular weight is 452 g/mol. The third-order valence-corrected chi connectivity index (χ3v) is 7.43. The molecule has 3 amide bonds. The van der Waals surface area contributed by atoms with E-state index in [1.807, 2.05) is 57.2 Å². The number of likely N-dealkylation sites (tertiary alicyclic amines) is 1. The van der Waals surface area contributed by atoms with Gasteiger partial charge in [-0.15, -0.1) is 0 Å². The largest absolute Gasteiger partial charge is 0.323 e. The maximum atomic E-state index is 13.7. The number of hydrogen-bond donors (Lipinski definition) is 2. The summed E-state index contributed by atoms with van der Waals surface area (Å²) < 4.78 is 0. The second-order valence-electron chi connectivity index (χ2n) is 9.41. The first-order chi connectivity index (χ1) is 15.3. The Morgan fingerprint density at radius 2 is 1.81 bits per heavy atom. The van der Waals surface area contributed by atoms with Crippen LogP contribution in [0.3, 0.4) is 0 Å². The van der Waals surface area contributed by atoms with E-state index in [0.717, 1.165) is 11.1 Å². The van der Waals surface area contributed by atoms with E-state index in [0.29, 0.717) is 29.2 Å². The van der Waals surface area contributed by atoms with Crippen molar-refractivity contribution in [2.75, 3.05) is 11.9 Å². The van der Waals surface area contributed by atoms with E-state index < -0.39 is 17.4 Å². The molecular weight excluding hydrogens is 426 g/mol. The molecule has 0 aliphatic carbocycles. The van der Waals surface area contributed by atoms with Gasteiger partial charge in [-0.3, -0.25) is 24.6 Å². The van der Waals surface area contributed by atoms with Crippen molar-refractivity contribution in [2.45, 2.75) is 38.8 Å². The first-order valence-corrected chi connectivity index (χ1v) is 11.4. The molecule has 5 rings (SSSR count). The summed E-state index contributed by atoms with van der Waals surface area (Å²) in [7, 11) is 0. The Balaban J connectivity index is 1.58. The number of nitrogens with zero attached hydrogens (tertiary/aromatic N) is 1. The van der Waals surface area contributed by atoms with Gasteiger partial charge in [0.1, 0.15) is 5.54 Å². The first kappa shape index (κ1) is 21.2. The summed E-state index contributed by atoms with van der Waals surface area (Å²) in [6, 6.07) is 13.2. The highest BCUT2D eigenvalue weighted by molar-refractivity contribution is 6.35. The van der Waals surface area contributed by atoms with Crippen LogP contribution in [0.5, 0.6) is 0 Å². The van der Waals surface area contributed by atoms with E-state index in [9.17, 15) is 14.4 Å². The molecular formula is C25H26ClN3O3. The van der Waals surface area contributed by atoms with Crippen LogP contribution >= 0.6 is 11.6 Å². The zero-order valence-electron chi connectivity index (χ0n) is 18.3. The Kier molecular flexibility index (Phi) is 4.91. The lowest BCUT2D eigenvalue weighted by Gasteiger charge is -2.30. The van der Waals surface area contributed by atoms with Crippen molar-refractivity contribution in [3.05, 3.63) is 64.2 Å². The van der Waals surface area contributed by atoms with Crippen molar-refractivity contribution in [1.29, 1.82) is 0 Å². The minimum Gasteiger partial charge on any atom is -0.323 e. The number of fused-ring (bicyclic) bond motifs is 4. The van der Waals surface area contributed by atoms with Gasteiger partial charge in [-0.1, -0.05) is 61.8 Å². The molecule has 3 aliphatic heterocycles. The molecule has 0 aromatic heterocycles. The quantitative estimate of drug-likeness (QED) is 0.699. The van der Waals surface area contributed by atoms with Crippen LogP contribution in [0.2, 0.25) is 5.02 Å². The Morgan fingerprint density at radius 3 is 2.50 bits per heavy atom. The Labute approximate surface area is 192 Å². The molecule has 2 saturated heterocycles. The Morgan fingerprint density at radius 1 is 1.09 bits per heavy atom. The topological polar surface area (TPSA) is 78.5 Å². The fraction of sp³-hybridized carbons (Fsp3) is 0.400. The van der Waals surface area contributed by atoms with Crippen LogP contribution in [-0.4, -0.2) is 35.2 Å². The van der Waals surface area contributed by atoms with E-state index in [1.165, 1.54) is 4.90 Å². The lowest BCUT2D eigenvalue weighted by Crippen LogP contribution is -2.54. The molecule has 0 bridgehead atoms. The van der Waals surface area contributed by atoms with Gasteiger partial charge in [0.05, 0.1) is 22.5 Å². The maximum Gasteiger partial charge on any atom is 0.250 e. The highest BCUT2D eigenvalue weighted by Gasteiger charge is 2.70. The third kappa shape index (κ3) is 2.86. The number of benzene rings is 2. The molecule has 2 aromatic carbocycles. The fourth-order valence-corrected chi connectivity index (χ4v) is 5.99. The number of carbonyl (C=O) groups is 3. The van der Waals surface area contributed by atoms with Crippen molar-refractivity contribution in [3.63, 3.8) is 0 Å². The zero-order chi connectivity index (χ0) is 22.8. The molecule has 166 valence electrons. The van der Waals surface area contributed by atoms with Crippen LogP contribution in [0.25, 0.3) is 0 Å². The molecule has 3 heterocycles. The van der Waals surface area contributed by atoms with Gasteiger partial charge in [0.25, 0.3) is 0 Å². The second-order valence-corrected chi connectivity index (χ2v) is 9.82. The monoisotopic (exact) mass is 451 g/mol. The molecule has 1 spiro atoms. The fourth-order valence-electron chi connectivity index (χ4n) is 5.66. The number of halogens is 1. The molecule has 4 atom stereocenters. The normalized spacial score (nSPS) is 28.6. The summed E-state index contributed by atoms with van der Waals surface area (Å²) in [5.41, 5.74) is 1.86. The smallest absolute Gasteiger partial charge is 0.250 e. The second kappa shape index (κ2) is 7.42. The van der Waals surface area contributed by atoms with Gasteiger partial charge in [-0.05, 0) is 36.5 Å². The molecule has 6 nitrogen and oxygen atoms in total. The summed E-state index contributed by atoms with van der Waals surface area (Å²) in [6.45, 7) is 6.23. The molecule has 2 N–H and O–H groups in total. The van der Waals surface area contributed by atoms with Crippen molar-refractivity contribution in [1.82, 2.24) is 10.2 Å². The Hall–Kier alpha value is -2.70. The summed E-state index contributed by atoms with van der Waals surface area (Å²) in [5.74, 6) is -2.12. The van der Waals surface area contributed by atoms with E-state index in [2.05, 4.69) is 10.6 Å². The van der Waals surface area contributed by atoms with Gasteiger partial charge in [0.2, 0.25) is 17.7 Å². The number of amides is 3. The Bertz CT molecular complexity index is 1130. The van der Waals surface area contributed by atoms with Crippen LogP contribution in [0.1, 0.15) is 30.5 Å².